The molecule has 8 nitrogen and oxygen atoms in total. The Bertz CT molecular complexity index is 1190. The summed E-state index contributed by atoms with van der Waals surface area (Å²) in [5, 5.41) is 26.9. The van der Waals surface area contributed by atoms with Crippen molar-refractivity contribution in [1.82, 2.24) is 20.8 Å². The van der Waals surface area contributed by atoms with Crippen molar-refractivity contribution in [2.45, 2.75) is 56.6 Å². The number of hydroxylamine groups is 1. The molecule has 0 aliphatic heterocycles. The largest absolute Gasteiger partial charge is 0.391 e. The molecule has 4 atom stereocenters. The lowest BCUT2D eigenvalue weighted by Gasteiger charge is -2.35. The minimum atomic E-state index is -2.90. The number of alkyl halides is 2. The number of amides is 2. The molecule has 36 heavy (non-hydrogen) atoms. The summed E-state index contributed by atoms with van der Waals surface area (Å²) in [6.07, 6.45) is 0.0394. The SMILES string of the molecule is O=C(NC(Cc1ccsc1)C(O)CC(C(=O)NO)C1CCCC(F)(F)C1)c1cnc2ccccc2n1. The number of nitrogens with zero attached hydrogens (tertiary/aromatic N) is 2. The second-order valence-corrected chi connectivity index (χ2v) is 10.0. The van der Waals surface area contributed by atoms with Gasteiger partial charge in [-0.15, -0.1) is 0 Å². The molecule has 1 saturated carbocycles. The lowest BCUT2D eigenvalue weighted by Crippen LogP contribution is -2.48. The second kappa shape index (κ2) is 11.4. The predicted octanol–water partition coefficient (Wildman–Crippen LogP) is 3.73. The van der Waals surface area contributed by atoms with Gasteiger partial charge in [-0.25, -0.2) is 19.2 Å². The van der Waals surface area contributed by atoms with Gasteiger partial charge >= 0.3 is 0 Å². The van der Waals surface area contributed by atoms with E-state index in [0.717, 1.165) is 5.56 Å². The number of carbonyl (C=O) groups is 2. The maximum atomic E-state index is 14.1. The summed E-state index contributed by atoms with van der Waals surface area (Å²) in [5.41, 5.74) is 3.66. The smallest absolute Gasteiger partial charge is 0.271 e. The average molecular weight is 519 g/mol. The van der Waals surface area contributed by atoms with Gasteiger partial charge in [0, 0.05) is 18.8 Å². The van der Waals surface area contributed by atoms with Crippen molar-refractivity contribution < 1.29 is 28.7 Å². The molecule has 1 aliphatic rings. The molecule has 1 fully saturated rings. The van der Waals surface area contributed by atoms with Crippen molar-refractivity contribution in [2.24, 2.45) is 11.8 Å². The Balaban J connectivity index is 1.54. The highest BCUT2D eigenvalue weighted by molar-refractivity contribution is 7.07. The normalized spacial score (nSPS) is 19.8. The first-order valence-corrected chi connectivity index (χ1v) is 12.7. The summed E-state index contributed by atoms with van der Waals surface area (Å²) in [4.78, 5) is 34.1. The zero-order valence-corrected chi connectivity index (χ0v) is 20.3. The number of nitrogens with one attached hydrogen (secondary N) is 2. The number of halogens is 2. The van der Waals surface area contributed by atoms with E-state index in [1.807, 2.05) is 22.9 Å². The van der Waals surface area contributed by atoms with Crippen LogP contribution in [0.2, 0.25) is 0 Å². The van der Waals surface area contributed by atoms with E-state index in [9.17, 15) is 28.7 Å². The maximum Gasteiger partial charge on any atom is 0.271 e. The van der Waals surface area contributed by atoms with Crippen LogP contribution in [0.1, 0.15) is 48.2 Å². The van der Waals surface area contributed by atoms with Crippen LogP contribution >= 0.6 is 11.3 Å². The van der Waals surface area contributed by atoms with Crippen LogP contribution in [0.25, 0.3) is 11.0 Å². The van der Waals surface area contributed by atoms with Crippen molar-refractivity contribution in [3.8, 4) is 0 Å². The van der Waals surface area contributed by atoms with Crippen LogP contribution in [-0.4, -0.2) is 50.2 Å². The first kappa shape index (κ1) is 26.1. The third-order valence-electron chi connectivity index (χ3n) is 6.69. The zero-order chi connectivity index (χ0) is 25.7. The molecule has 0 saturated heterocycles. The molecule has 1 aromatic carbocycles. The fraction of sp³-hybridized carbons (Fsp3) is 0.440. The third-order valence-corrected chi connectivity index (χ3v) is 7.42. The second-order valence-electron chi connectivity index (χ2n) is 9.26. The number of rotatable bonds is 9. The highest BCUT2D eigenvalue weighted by atomic mass is 32.1. The summed E-state index contributed by atoms with van der Waals surface area (Å²) in [5.74, 6) is -6.03. The molecule has 0 radical (unpaired) electrons. The van der Waals surface area contributed by atoms with Gasteiger partial charge in [0.1, 0.15) is 5.69 Å². The lowest BCUT2D eigenvalue weighted by molar-refractivity contribution is -0.140. The fourth-order valence-corrected chi connectivity index (χ4v) is 5.51. The van der Waals surface area contributed by atoms with Crippen LogP contribution in [0.5, 0.6) is 0 Å². The van der Waals surface area contributed by atoms with E-state index < -0.39 is 48.1 Å². The highest BCUT2D eigenvalue weighted by Gasteiger charge is 2.42. The predicted molar refractivity (Wildman–Crippen MR) is 130 cm³/mol. The number of aliphatic hydroxyl groups excluding tert-OH is 1. The molecule has 3 aromatic rings. The van der Waals surface area contributed by atoms with Crippen molar-refractivity contribution in [2.75, 3.05) is 0 Å². The minimum Gasteiger partial charge on any atom is -0.391 e. The summed E-state index contributed by atoms with van der Waals surface area (Å²) < 4.78 is 28.2. The summed E-state index contributed by atoms with van der Waals surface area (Å²) >= 11 is 1.46. The Hall–Kier alpha value is -3.02. The van der Waals surface area contributed by atoms with E-state index in [2.05, 4.69) is 15.3 Å². The number of aromatic nitrogens is 2. The van der Waals surface area contributed by atoms with Crippen molar-refractivity contribution in [1.29, 1.82) is 0 Å². The van der Waals surface area contributed by atoms with Gasteiger partial charge in [-0.2, -0.15) is 11.3 Å². The van der Waals surface area contributed by atoms with Gasteiger partial charge in [-0.1, -0.05) is 12.1 Å². The number of para-hydroxylation sites is 2. The van der Waals surface area contributed by atoms with Crippen LogP contribution in [0.4, 0.5) is 8.78 Å². The number of hydrogen-bond acceptors (Lipinski definition) is 7. The van der Waals surface area contributed by atoms with Gasteiger partial charge < -0.3 is 10.4 Å². The van der Waals surface area contributed by atoms with Crippen molar-refractivity contribution in [3.63, 3.8) is 0 Å². The molecule has 4 N–H and O–H groups in total. The molecule has 1 aliphatic carbocycles. The summed E-state index contributed by atoms with van der Waals surface area (Å²) in [6, 6.07) is 8.11. The number of aliphatic hydroxyl groups is 1. The number of fused-ring (bicyclic) bond motifs is 1. The van der Waals surface area contributed by atoms with Crippen LogP contribution in [0.3, 0.4) is 0 Å². The topological polar surface area (TPSA) is 124 Å². The standard InChI is InChI=1S/C25H28F2N4O4S/c26-25(27)8-3-4-16(12-25)17(23(33)31-35)11-22(32)20(10-15-7-9-36-14-15)30-24(34)21-13-28-18-5-1-2-6-19(18)29-21/h1-2,5-7,9,13-14,16-17,20,22,32,35H,3-4,8,10-12H2,(H,30,34)(H,31,33). The van der Waals surface area contributed by atoms with Crippen LogP contribution in [0.15, 0.2) is 47.3 Å². The number of thiophene rings is 1. The van der Waals surface area contributed by atoms with E-state index in [1.54, 1.807) is 23.7 Å². The quantitative estimate of drug-likeness (QED) is 0.253. The molecule has 4 unspecified atom stereocenters. The average Bonchev–Trinajstić information content (AvgIpc) is 3.38. The molecule has 0 spiro atoms. The Labute approximate surface area is 210 Å². The van der Waals surface area contributed by atoms with Gasteiger partial charge in [0.05, 0.1) is 29.4 Å². The van der Waals surface area contributed by atoms with Crippen molar-refractivity contribution >= 4 is 34.2 Å². The van der Waals surface area contributed by atoms with E-state index in [0.29, 0.717) is 17.5 Å². The van der Waals surface area contributed by atoms with Gasteiger partial charge in [0.2, 0.25) is 11.8 Å². The van der Waals surface area contributed by atoms with Gasteiger partial charge in [0.25, 0.3) is 5.91 Å². The molecule has 192 valence electrons. The molecule has 11 heteroatoms. The zero-order valence-electron chi connectivity index (χ0n) is 19.4. The van der Waals surface area contributed by atoms with Crippen molar-refractivity contribution in [3.05, 3.63) is 58.5 Å². The van der Waals surface area contributed by atoms with Gasteiger partial charge in [0.15, 0.2) is 0 Å². The monoisotopic (exact) mass is 518 g/mol. The molecule has 2 aromatic heterocycles. The Kier molecular flexibility index (Phi) is 8.22. The third kappa shape index (κ3) is 6.40. The molecular weight excluding hydrogens is 490 g/mol. The first-order valence-electron chi connectivity index (χ1n) is 11.8. The highest BCUT2D eigenvalue weighted by Crippen LogP contribution is 2.41. The van der Waals surface area contributed by atoms with Gasteiger partial charge in [-0.3, -0.25) is 19.8 Å². The number of carbonyl (C=O) groups excluding carboxylic acids is 2. The maximum absolute atomic E-state index is 14.1. The van der Waals surface area contributed by atoms with Gasteiger partial charge in [-0.05, 0) is 66.1 Å². The van der Waals surface area contributed by atoms with Crippen LogP contribution < -0.4 is 10.8 Å². The molecule has 4 rings (SSSR count). The molecule has 2 heterocycles. The number of benzene rings is 1. The fourth-order valence-electron chi connectivity index (χ4n) is 4.83. The van der Waals surface area contributed by atoms with E-state index >= 15 is 0 Å². The molecular formula is C25H28F2N4O4S. The van der Waals surface area contributed by atoms with E-state index in [4.69, 9.17) is 0 Å². The Morgan fingerprint density at radius 1 is 1.22 bits per heavy atom. The molecule has 0 bridgehead atoms. The summed E-state index contributed by atoms with van der Waals surface area (Å²) in [7, 11) is 0. The Morgan fingerprint density at radius 2 is 2.00 bits per heavy atom. The van der Waals surface area contributed by atoms with E-state index in [-0.39, 0.29) is 31.4 Å². The van der Waals surface area contributed by atoms with E-state index in [1.165, 1.54) is 17.5 Å². The minimum absolute atomic E-state index is 0.0628. The number of hydrogen-bond donors (Lipinski definition) is 4. The Morgan fingerprint density at radius 3 is 2.69 bits per heavy atom. The summed E-state index contributed by atoms with van der Waals surface area (Å²) in [6.45, 7) is 0. The lowest BCUT2D eigenvalue weighted by atomic mass is 9.75. The van der Waals surface area contributed by atoms with Crippen LogP contribution in [-0.2, 0) is 11.2 Å². The first-order chi connectivity index (χ1) is 17.3. The van der Waals surface area contributed by atoms with Crippen LogP contribution in [0, 0.1) is 11.8 Å². The molecule has 2 amide bonds.